The molecule has 3 aromatic rings. The molecule has 0 radical (unpaired) electrons. The van der Waals surface area contributed by atoms with Crippen LogP contribution in [-0.2, 0) is 17.8 Å². The number of benzene rings is 2. The van der Waals surface area contributed by atoms with Crippen molar-refractivity contribution in [3.05, 3.63) is 60.2 Å². The highest BCUT2D eigenvalue weighted by Gasteiger charge is 2.34. The monoisotopic (exact) mass is 392 g/mol. The number of rotatable bonds is 5. The largest absolute Gasteiger partial charge is 0.308 e. The van der Waals surface area contributed by atoms with Crippen molar-refractivity contribution in [2.24, 2.45) is 0 Å². The van der Waals surface area contributed by atoms with Crippen molar-refractivity contribution in [1.29, 1.82) is 0 Å². The molecular formula is C22H24N4OS. The van der Waals surface area contributed by atoms with Crippen LogP contribution in [-0.4, -0.2) is 32.0 Å². The zero-order chi connectivity index (χ0) is 19.7. The molecule has 0 fully saturated rings. The van der Waals surface area contributed by atoms with E-state index in [0.29, 0.717) is 0 Å². The van der Waals surface area contributed by atoms with Gasteiger partial charge in [0.05, 0.1) is 5.25 Å². The lowest BCUT2D eigenvalue weighted by Crippen LogP contribution is -2.40. The Labute approximate surface area is 169 Å². The Morgan fingerprint density at radius 2 is 1.86 bits per heavy atom. The molecule has 0 spiro atoms. The zero-order valence-electron chi connectivity index (χ0n) is 16.4. The van der Waals surface area contributed by atoms with Crippen LogP contribution in [0.25, 0.3) is 11.4 Å². The van der Waals surface area contributed by atoms with E-state index in [1.165, 1.54) is 17.3 Å². The number of anilines is 1. The Hall–Kier alpha value is -2.60. The molecule has 0 unspecified atom stereocenters. The summed E-state index contributed by atoms with van der Waals surface area (Å²) in [5.74, 6) is 0.958. The fourth-order valence-electron chi connectivity index (χ4n) is 3.77. The molecule has 1 aliphatic heterocycles. The van der Waals surface area contributed by atoms with Crippen molar-refractivity contribution in [2.45, 2.75) is 50.2 Å². The highest BCUT2D eigenvalue weighted by Crippen LogP contribution is 2.35. The Kier molecular flexibility index (Phi) is 5.22. The van der Waals surface area contributed by atoms with Crippen molar-refractivity contribution < 1.29 is 4.79 Å². The number of para-hydroxylation sites is 1. The SMILES string of the molecule is CCn1c(S[C@H](C)C(=O)N2c3ccccc3C[C@H]2C)nnc1-c1ccccc1. The minimum absolute atomic E-state index is 0.120. The van der Waals surface area contributed by atoms with Crippen LogP contribution in [0.15, 0.2) is 59.8 Å². The van der Waals surface area contributed by atoms with E-state index in [2.05, 4.69) is 34.7 Å². The van der Waals surface area contributed by atoms with Gasteiger partial charge in [0.25, 0.3) is 0 Å². The van der Waals surface area contributed by atoms with Crippen molar-refractivity contribution in [3.63, 3.8) is 0 Å². The number of amides is 1. The third kappa shape index (κ3) is 3.33. The Bertz CT molecular complexity index is 985. The molecule has 0 aliphatic carbocycles. The zero-order valence-corrected chi connectivity index (χ0v) is 17.2. The van der Waals surface area contributed by atoms with Gasteiger partial charge < -0.3 is 9.47 Å². The normalized spacial score (nSPS) is 16.8. The van der Waals surface area contributed by atoms with E-state index in [-0.39, 0.29) is 17.2 Å². The maximum atomic E-state index is 13.2. The third-order valence-electron chi connectivity index (χ3n) is 5.14. The summed E-state index contributed by atoms with van der Waals surface area (Å²) < 4.78 is 2.07. The first-order valence-corrected chi connectivity index (χ1v) is 10.5. The van der Waals surface area contributed by atoms with E-state index in [0.717, 1.165) is 35.2 Å². The molecule has 0 saturated carbocycles. The Balaban J connectivity index is 1.57. The van der Waals surface area contributed by atoms with Crippen LogP contribution in [0.2, 0.25) is 0 Å². The molecule has 28 heavy (non-hydrogen) atoms. The summed E-state index contributed by atoms with van der Waals surface area (Å²) in [5, 5.41) is 9.30. The first-order chi connectivity index (χ1) is 13.6. The second-order valence-electron chi connectivity index (χ2n) is 7.07. The summed E-state index contributed by atoms with van der Waals surface area (Å²) in [6.45, 7) is 6.89. The van der Waals surface area contributed by atoms with Gasteiger partial charge in [0.15, 0.2) is 11.0 Å². The molecule has 0 bridgehead atoms. The second kappa shape index (κ2) is 7.80. The van der Waals surface area contributed by atoms with Gasteiger partial charge in [-0.1, -0.05) is 60.3 Å². The van der Waals surface area contributed by atoms with Crippen LogP contribution in [0.4, 0.5) is 5.69 Å². The van der Waals surface area contributed by atoms with Crippen molar-refractivity contribution in [3.8, 4) is 11.4 Å². The number of nitrogens with zero attached hydrogens (tertiary/aromatic N) is 4. The van der Waals surface area contributed by atoms with Gasteiger partial charge in [-0.05, 0) is 38.8 Å². The summed E-state index contributed by atoms with van der Waals surface area (Å²) in [5.41, 5.74) is 3.31. The van der Waals surface area contributed by atoms with Gasteiger partial charge in [-0.2, -0.15) is 0 Å². The number of hydrogen-bond acceptors (Lipinski definition) is 4. The van der Waals surface area contributed by atoms with E-state index >= 15 is 0 Å². The lowest BCUT2D eigenvalue weighted by atomic mass is 10.1. The third-order valence-corrected chi connectivity index (χ3v) is 6.21. The minimum Gasteiger partial charge on any atom is -0.308 e. The molecule has 5 nitrogen and oxygen atoms in total. The topological polar surface area (TPSA) is 51.0 Å². The van der Waals surface area contributed by atoms with Crippen molar-refractivity contribution >= 4 is 23.4 Å². The van der Waals surface area contributed by atoms with Gasteiger partial charge in [0.2, 0.25) is 5.91 Å². The lowest BCUT2D eigenvalue weighted by molar-refractivity contribution is -0.118. The first-order valence-electron chi connectivity index (χ1n) is 9.66. The van der Waals surface area contributed by atoms with Crippen molar-refractivity contribution in [2.75, 3.05) is 4.90 Å². The molecule has 2 aromatic carbocycles. The standard InChI is InChI=1S/C22H24N4OS/c1-4-25-20(17-10-6-5-7-11-17)23-24-22(25)28-16(3)21(27)26-15(2)14-18-12-8-9-13-19(18)26/h5-13,15-16H,4,14H2,1-3H3/t15-,16-/m1/s1. The van der Waals surface area contributed by atoms with Gasteiger partial charge in [-0.25, -0.2) is 0 Å². The smallest absolute Gasteiger partial charge is 0.240 e. The molecule has 4 rings (SSSR count). The molecule has 1 amide bonds. The quantitative estimate of drug-likeness (QED) is 0.603. The van der Waals surface area contributed by atoms with Crippen LogP contribution < -0.4 is 4.90 Å². The average Bonchev–Trinajstić information content (AvgIpc) is 3.27. The number of hydrogen-bond donors (Lipinski definition) is 0. The Morgan fingerprint density at radius 3 is 2.61 bits per heavy atom. The maximum absolute atomic E-state index is 13.2. The van der Waals surface area contributed by atoms with E-state index in [9.17, 15) is 4.79 Å². The molecule has 1 aliphatic rings. The minimum atomic E-state index is -0.244. The summed E-state index contributed by atoms with van der Waals surface area (Å²) in [6.07, 6.45) is 0.905. The van der Waals surface area contributed by atoms with Gasteiger partial charge in [-0.3, -0.25) is 4.79 Å². The molecule has 2 heterocycles. The number of carbonyl (C=O) groups is 1. The molecule has 0 saturated heterocycles. The molecule has 144 valence electrons. The molecule has 1 aromatic heterocycles. The summed E-state index contributed by atoms with van der Waals surface area (Å²) in [4.78, 5) is 15.2. The number of carbonyl (C=O) groups excluding carboxylic acids is 1. The predicted molar refractivity (Wildman–Crippen MR) is 114 cm³/mol. The van der Waals surface area contributed by atoms with Crippen LogP contribution in [0.5, 0.6) is 0 Å². The van der Waals surface area contributed by atoms with Crippen LogP contribution in [0.1, 0.15) is 26.3 Å². The first kappa shape index (κ1) is 18.7. The maximum Gasteiger partial charge on any atom is 0.240 e. The lowest BCUT2D eigenvalue weighted by Gasteiger charge is -2.25. The molecular weight excluding hydrogens is 368 g/mol. The summed E-state index contributed by atoms with van der Waals surface area (Å²) in [7, 11) is 0. The van der Waals surface area contributed by atoms with E-state index < -0.39 is 0 Å². The van der Waals surface area contributed by atoms with Gasteiger partial charge in [0.1, 0.15) is 0 Å². The number of thioether (sulfide) groups is 1. The van der Waals surface area contributed by atoms with E-state index in [1.54, 1.807) is 0 Å². The number of aromatic nitrogens is 3. The summed E-state index contributed by atoms with van der Waals surface area (Å²) in [6, 6.07) is 18.4. The highest BCUT2D eigenvalue weighted by molar-refractivity contribution is 8.00. The fourth-order valence-corrected chi connectivity index (χ4v) is 4.73. The Morgan fingerprint density at radius 1 is 1.14 bits per heavy atom. The highest BCUT2D eigenvalue weighted by atomic mass is 32.2. The van der Waals surface area contributed by atoms with Crippen molar-refractivity contribution in [1.82, 2.24) is 14.8 Å². The van der Waals surface area contributed by atoms with E-state index in [4.69, 9.17) is 0 Å². The van der Waals surface area contributed by atoms with Crippen LogP contribution >= 0.6 is 11.8 Å². The fraction of sp³-hybridized carbons (Fsp3) is 0.318. The summed E-state index contributed by atoms with van der Waals surface area (Å²) >= 11 is 1.48. The predicted octanol–water partition coefficient (Wildman–Crippen LogP) is 4.42. The van der Waals surface area contributed by atoms with Gasteiger partial charge in [-0.15, -0.1) is 10.2 Å². The van der Waals surface area contributed by atoms with E-state index in [1.807, 2.05) is 60.4 Å². The van der Waals surface area contributed by atoms with Crippen LogP contribution in [0.3, 0.4) is 0 Å². The average molecular weight is 393 g/mol. The number of fused-ring (bicyclic) bond motifs is 1. The molecule has 6 heteroatoms. The van der Waals surface area contributed by atoms with Gasteiger partial charge >= 0.3 is 0 Å². The van der Waals surface area contributed by atoms with Crippen LogP contribution in [0, 0.1) is 0 Å². The molecule has 2 atom stereocenters. The second-order valence-corrected chi connectivity index (χ2v) is 8.37. The molecule has 0 N–H and O–H groups in total. The van der Waals surface area contributed by atoms with Gasteiger partial charge in [0, 0.05) is 23.8 Å².